The summed E-state index contributed by atoms with van der Waals surface area (Å²) in [4.78, 5) is 11.9. The summed E-state index contributed by atoms with van der Waals surface area (Å²) < 4.78 is 0.479. The van der Waals surface area contributed by atoms with Crippen LogP contribution in [0.25, 0.3) is 0 Å². The van der Waals surface area contributed by atoms with E-state index in [1.165, 1.54) is 0 Å². The third-order valence-electron chi connectivity index (χ3n) is 1.84. The van der Waals surface area contributed by atoms with Crippen LogP contribution in [-0.2, 0) is 0 Å². The van der Waals surface area contributed by atoms with Gasteiger partial charge >= 0.3 is 0 Å². The number of nitrogens with two attached hydrogens (primary N) is 1. The van der Waals surface area contributed by atoms with E-state index in [1.54, 1.807) is 24.3 Å². The smallest absolute Gasteiger partial charge is 0.225 e. The molecule has 0 aliphatic rings. The summed E-state index contributed by atoms with van der Waals surface area (Å²) >= 11 is 5.99. The highest BCUT2D eigenvalue weighted by atomic mass is 32.1. The Hall–Kier alpha value is -1.53. The van der Waals surface area contributed by atoms with Crippen molar-refractivity contribution in [3.05, 3.63) is 38.8 Å². The second kappa shape index (κ2) is 3.92. The number of aromatic nitrogens is 2. The quantitative estimate of drug-likeness (QED) is 0.476. The van der Waals surface area contributed by atoms with Crippen molar-refractivity contribution >= 4 is 35.0 Å². The van der Waals surface area contributed by atoms with Crippen LogP contribution < -0.4 is 5.73 Å². The van der Waals surface area contributed by atoms with E-state index >= 15 is 0 Å². The fraction of sp³-hybridized carbons (Fsp3) is 0. The van der Waals surface area contributed by atoms with E-state index in [4.69, 9.17) is 18.0 Å². The molecule has 3 N–H and O–H groups in total. The number of rotatable bonds is 2. The molecule has 0 saturated heterocycles. The van der Waals surface area contributed by atoms with Gasteiger partial charge in [0.2, 0.25) is 5.78 Å². The van der Waals surface area contributed by atoms with Crippen LogP contribution in [0.5, 0.6) is 0 Å². The predicted octanol–water partition coefficient (Wildman–Crippen LogP) is 2.01. The molecule has 6 heteroatoms. The van der Waals surface area contributed by atoms with Crippen molar-refractivity contribution in [2.24, 2.45) is 0 Å². The van der Waals surface area contributed by atoms with Gasteiger partial charge in [0.15, 0.2) is 8.96 Å². The average molecular weight is 237 g/mol. The number of nitrogens with zero attached hydrogens (tertiary/aromatic N) is 1. The zero-order valence-corrected chi connectivity index (χ0v) is 9.19. The van der Waals surface area contributed by atoms with Crippen molar-refractivity contribution in [3.63, 3.8) is 0 Å². The van der Waals surface area contributed by atoms with Gasteiger partial charge < -0.3 is 5.73 Å². The maximum atomic E-state index is 11.9. The lowest BCUT2D eigenvalue weighted by Crippen LogP contribution is -2.04. The van der Waals surface area contributed by atoms with Gasteiger partial charge in [-0.1, -0.05) is 23.5 Å². The van der Waals surface area contributed by atoms with Crippen molar-refractivity contribution in [2.45, 2.75) is 0 Å². The molecule has 0 fully saturated rings. The summed E-state index contributed by atoms with van der Waals surface area (Å²) in [5, 5.41) is 6.71. The minimum atomic E-state index is -0.203. The summed E-state index contributed by atoms with van der Waals surface area (Å²) in [6.45, 7) is 0. The second-order valence-corrected chi connectivity index (χ2v) is 4.50. The zero-order chi connectivity index (χ0) is 10.8. The van der Waals surface area contributed by atoms with E-state index in [0.29, 0.717) is 20.2 Å². The lowest BCUT2D eigenvalue weighted by molar-refractivity contribution is 0.103. The Kier molecular flexibility index (Phi) is 2.61. The van der Waals surface area contributed by atoms with Crippen LogP contribution in [-0.4, -0.2) is 16.0 Å². The van der Waals surface area contributed by atoms with E-state index in [1.807, 2.05) is 0 Å². The summed E-state index contributed by atoms with van der Waals surface area (Å²) in [7, 11) is 0. The van der Waals surface area contributed by atoms with Crippen LogP contribution in [0.3, 0.4) is 0 Å². The van der Waals surface area contributed by atoms with Gasteiger partial charge in [0, 0.05) is 11.3 Å². The number of H-pyrrole nitrogens is 1. The monoisotopic (exact) mass is 237 g/mol. The molecule has 2 rings (SSSR count). The molecule has 76 valence electrons. The first-order chi connectivity index (χ1) is 7.18. The molecule has 2 aromatic rings. The molecule has 1 aromatic heterocycles. The molecule has 0 unspecified atom stereocenters. The molecule has 0 atom stereocenters. The number of nitrogens with one attached hydrogen (secondary N) is 1. The van der Waals surface area contributed by atoms with Crippen molar-refractivity contribution in [2.75, 3.05) is 5.73 Å². The largest absolute Gasteiger partial charge is 0.398 e. The van der Waals surface area contributed by atoms with Crippen LogP contribution in [0.4, 0.5) is 5.69 Å². The van der Waals surface area contributed by atoms with Gasteiger partial charge in [0.25, 0.3) is 0 Å². The average Bonchev–Trinajstić information content (AvgIpc) is 2.65. The van der Waals surface area contributed by atoms with Gasteiger partial charge in [0.05, 0.1) is 0 Å². The van der Waals surface area contributed by atoms with Crippen LogP contribution >= 0.6 is 23.6 Å². The Morgan fingerprint density at radius 3 is 2.80 bits per heavy atom. The van der Waals surface area contributed by atoms with Gasteiger partial charge in [0.1, 0.15) is 0 Å². The van der Waals surface area contributed by atoms with Crippen LogP contribution in [0, 0.1) is 3.95 Å². The van der Waals surface area contributed by atoms with Gasteiger partial charge in [-0.2, -0.15) is 5.10 Å². The van der Waals surface area contributed by atoms with E-state index in [0.717, 1.165) is 11.3 Å². The fourth-order valence-corrected chi connectivity index (χ4v) is 1.99. The van der Waals surface area contributed by atoms with Gasteiger partial charge in [-0.15, -0.1) is 0 Å². The molecular weight excluding hydrogens is 230 g/mol. The van der Waals surface area contributed by atoms with E-state index in [2.05, 4.69) is 10.2 Å². The van der Waals surface area contributed by atoms with Crippen molar-refractivity contribution < 1.29 is 4.79 Å². The van der Waals surface area contributed by atoms with Crippen LogP contribution in [0.15, 0.2) is 24.3 Å². The Morgan fingerprint density at radius 1 is 1.47 bits per heavy atom. The molecule has 1 aromatic carbocycles. The molecular formula is C9H7N3OS2. The van der Waals surface area contributed by atoms with Gasteiger partial charge in [-0.3, -0.25) is 9.89 Å². The molecule has 0 spiro atoms. The number of benzene rings is 1. The van der Waals surface area contributed by atoms with Crippen molar-refractivity contribution in [1.29, 1.82) is 0 Å². The van der Waals surface area contributed by atoms with Crippen molar-refractivity contribution in [1.82, 2.24) is 10.2 Å². The summed E-state index contributed by atoms with van der Waals surface area (Å²) in [5.74, 6) is -0.203. The van der Waals surface area contributed by atoms with E-state index < -0.39 is 0 Å². The van der Waals surface area contributed by atoms with E-state index in [-0.39, 0.29) is 5.78 Å². The Balaban J connectivity index is 2.45. The topological polar surface area (TPSA) is 71.8 Å². The lowest BCUT2D eigenvalue weighted by atomic mass is 10.1. The van der Waals surface area contributed by atoms with Crippen LogP contribution in [0.1, 0.15) is 15.4 Å². The van der Waals surface area contributed by atoms with Crippen molar-refractivity contribution in [3.8, 4) is 0 Å². The molecule has 1 heterocycles. The number of ketones is 1. The highest BCUT2D eigenvalue weighted by Gasteiger charge is 2.14. The number of para-hydroxylation sites is 1. The molecule has 0 saturated carbocycles. The summed E-state index contributed by atoms with van der Waals surface area (Å²) in [5.41, 5.74) is 6.59. The summed E-state index contributed by atoms with van der Waals surface area (Å²) in [6.07, 6.45) is 0. The fourth-order valence-electron chi connectivity index (χ4n) is 1.15. The first-order valence-electron chi connectivity index (χ1n) is 4.13. The molecule has 0 amide bonds. The maximum Gasteiger partial charge on any atom is 0.225 e. The molecule has 0 bridgehead atoms. The first kappa shape index (κ1) is 10.0. The number of nitrogen functional groups attached to an aromatic ring is 1. The van der Waals surface area contributed by atoms with E-state index in [9.17, 15) is 4.79 Å². The molecule has 15 heavy (non-hydrogen) atoms. The van der Waals surface area contributed by atoms with Gasteiger partial charge in [-0.05, 0) is 24.4 Å². The van der Waals surface area contributed by atoms with Gasteiger partial charge in [-0.25, -0.2) is 0 Å². The van der Waals surface area contributed by atoms with Crippen LogP contribution in [0.2, 0.25) is 0 Å². The number of carbonyl (C=O) groups is 1. The number of aromatic amines is 1. The number of hydrogen-bond donors (Lipinski definition) is 2. The number of hydrogen-bond acceptors (Lipinski definition) is 5. The standard InChI is InChI=1S/C9H7N3OS2/c10-6-4-2-1-3-5(6)7(13)8-11-12-9(14)15-8/h1-4H,10H2,(H,12,14). The normalized spacial score (nSPS) is 10.1. The Morgan fingerprint density at radius 2 is 2.20 bits per heavy atom. The molecule has 0 radical (unpaired) electrons. The highest BCUT2D eigenvalue weighted by Crippen LogP contribution is 2.17. The number of carbonyl (C=O) groups excluding carboxylic acids is 1. The molecule has 4 nitrogen and oxygen atoms in total. The highest BCUT2D eigenvalue weighted by molar-refractivity contribution is 7.73. The second-order valence-electron chi connectivity index (χ2n) is 2.83. The lowest BCUT2D eigenvalue weighted by Gasteiger charge is -2.00. The Bertz CT molecular complexity index is 558. The zero-order valence-electron chi connectivity index (χ0n) is 7.56. The minimum Gasteiger partial charge on any atom is -0.398 e. The SMILES string of the molecule is Nc1ccccc1C(=O)c1n[nH]c(=S)s1. The molecule has 0 aliphatic heterocycles. The maximum absolute atomic E-state index is 11.9. The third-order valence-corrected chi connectivity index (χ3v) is 2.93. The minimum absolute atomic E-state index is 0.203. The summed E-state index contributed by atoms with van der Waals surface area (Å²) in [6, 6.07) is 6.88. The Labute approximate surface area is 94.8 Å². The molecule has 0 aliphatic carbocycles. The number of anilines is 1. The first-order valence-corrected chi connectivity index (χ1v) is 5.35. The third kappa shape index (κ3) is 1.95. The predicted molar refractivity (Wildman–Crippen MR) is 61.6 cm³/mol.